The number of aliphatic hydroxyl groups excluding tert-OH is 1. The van der Waals surface area contributed by atoms with Gasteiger partial charge in [0, 0.05) is 6.54 Å². The summed E-state index contributed by atoms with van der Waals surface area (Å²) in [6, 6.07) is 0. The molecule has 4 heteroatoms. The van der Waals surface area contributed by atoms with E-state index in [2.05, 4.69) is 34.9 Å². The van der Waals surface area contributed by atoms with Crippen LogP contribution < -0.4 is 0 Å². The SMILES string of the molecule is CC(C)Cn1ncc(Br)c1CO. The number of aromatic nitrogens is 2. The van der Waals surface area contributed by atoms with Crippen molar-refractivity contribution in [2.45, 2.75) is 27.0 Å². The van der Waals surface area contributed by atoms with Crippen LogP contribution in [0.5, 0.6) is 0 Å². The van der Waals surface area contributed by atoms with Gasteiger partial charge in [-0.2, -0.15) is 5.10 Å². The van der Waals surface area contributed by atoms with E-state index in [1.807, 2.05) is 4.68 Å². The van der Waals surface area contributed by atoms with Crippen LogP contribution in [0.2, 0.25) is 0 Å². The van der Waals surface area contributed by atoms with Crippen molar-refractivity contribution in [2.24, 2.45) is 5.92 Å². The van der Waals surface area contributed by atoms with Crippen molar-refractivity contribution < 1.29 is 5.11 Å². The smallest absolute Gasteiger partial charge is 0.0861 e. The summed E-state index contributed by atoms with van der Waals surface area (Å²) < 4.78 is 2.71. The molecule has 12 heavy (non-hydrogen) atoms. The van der Waals surface area contributed by atoms with Gasteiger partial charge in [0.05, 0.1) is 23.0 Å². The fraction of sp³-hybridized carbons (Fsp3) is 0.625. The van der Waals surface area contributed by atoms with Crippen LogP contribution in [-0.2, 0) is 13.2 Å². The third-order valence-electron chi connectivity index (χ3n) is 1.59. The Morgan fingerprint density at radius 2 is 2.33 bits per heavy atom. The van der Waals surface area contributed by atoms with Gasteiger partial charge in [-0.25, -0.2) is 0 Å². The summed E-state index contributed by atoms with van der Waals surface area (Å²) in [5, 5.41) is 13.1. The van der Waals surface area contributed by atoms with Crippen molar-refractivity contribution in [1.82, 2.24) is 9.78 Å². The van der Waals surface area contributed by atoms with Gasteiger partial charge in [0.2, 0.25) is 0 Å². The highest BCUT2D eigenvalue weighted by atomic mass is 79.9. The summed E-state index contributed by atoms with van der Waals surface area (Å²) in [6.07, 6.45) is 1.72. The van der Waals surface area contributed by atoms with Gasteiger partial charge in [-0.1, -0.05) is 13.8 Å². The lowest BCUT2D eigenvalue weighted by Crippen LogP contribution is -2.09. The highest BCUT2D eigenvalue weighted by molar-refractivity contribution is 9.10. The lowest BCUT2D eigenvalue weighted by molar-refractivity contribution is 0.264. The Labute approximate surface area is 80.5 Å². The summed E-state index contributed by atoms with van der Waals surface area (Å²) in [5.41, 5.74) is 0.851. The molecule has 0 saturated carbocycles. The average molecular weight is 233 g/mol. The molecule has 0 aliphatic rings. The zero-order valence-electron chi connectivity index (χ0n) is 7.29. The molecule has 68 valence electrons. The minimum Gasteiger partial charge on any atom is -0.390 e. The molecule has 1 aromatic rings. The maximum absolute atomic E-state index is 9.01. The van der Waals surface area contributed by atoms with E-state index < -0.39 is 0 Å². The molecule has 1 aromatic heterocycles. The van der Waals surface area contributed by atoms with Gasteiger partial charge < -0.3 is 5.11 Å². The Hall–Kier alpha value is -0.350. The second kappa shape index (κ2) is 4.05. The molecule has 1 N–H and O–H groups in total. The summed E-state index contributed by atoms with van der Waals surface area (Å²) in [4.78, 5) is 0. The molecular formula is C8H13BrN2O. The molecule has 0 saturated heterocycles. The minimum absolute atomic E-state index is 0.0350. The monoisotopic (exact) mass is 232 g/mol. The van der Waals surface area contributed by atoms with E-state index in [0.717, 1.165) is 16.7 Å². The first-order valence-electron chi connectivity index (χ1n) is 3.96. The Morgan fingerprint density at radius 1 is 1.67 bits per heavy atom. The summed E-state index contributed by atoms with van der Waals surface area (Å²) >= 11 is 3.32. The molecule has 1 rings (SSSR count). The Kier molecular flexibility index (Phi) is 3.29. The first-order valence-corrected chi connectivity index (χ1v) is 4.75. The molecule has 0 bridgehead atoms. The highest BCUT2D eigenvalue weighted by Gasteiger charge is 2.07. The standard InChI is InChI=1S/C8H13BrN2O/c1-6(2)4-11-8(5-12)7(9)3-10-11/h3,6,12H,4-5H2,1-2H3. The number of hydrogen-bond donors (Lipinski definition) is 1. The predicted octanol–water partition coefficient (Wildman–Crippen LogP) is 1.79. The second-order valence-corrected chi connectivity index (χ2v) is 4.03. The predicted molar refractivity (Wildman–Crippen MR) is 50.7 cm³/mol. The number of hydrogen-bond acceptors (Lipinski definition) is 2. The third kappa shape index (κ3) is 2.08. The number of rotatable bonds is 3. The Balaban J connectivity index is 2.84. The van der Waals surface area contributed by atoms with Crippen molar-refractivity contribution in [3.63, 3.8) is 0 Å². The maximum Gasteiger partial charge on any atom is 0.0861 e. The molecule has 0 aliphatic carbocycles. The molecule has 0 aliphatic heterocycles. The second-order valence-electron chi connectivity index (χ2n) is 3.17. The molecule has 0 spiro atoms. The zero-order chi connectivity index (χ0) is 9.14. The van der Waals surface area contributed by atoms with Crippen LogP contribution in [0.15, 0.2) is 10.7 Å². The molecule has 3 nitrogen and oxygen atoms in total. The van der Waals surface area contributed by atoms with Crippen LogP contribution >= 0.6 is 15.9 Å². The van der Waals surface area contributed by atoms with Crippen LogP contribution in [0.1, 0.15) is 19.5 Å². The van der Waals surface area contributed by atoms with Crippen molar-refractivity contribution in [1.29, 1.82) is 0 Å². The molecule has 0 fully saturated rings. The van der Waals surface area contributed by atoms with Crippen LogP contribution in [0, 0.1) is 5.92 Å². The zero-order valence-corrected chi connectivity index (χ0v) is 8.87. The van der Waals surface area contributed by atoms with Crippen LogP contribution in [0.25, 0.3) is 0 Å². The van der Waals surface area contributed by atoms with Gasteiger partial charge in [-0.05, 0) is 21.8 Å². The quantitative estimate of drug-likeness (QED) is 0.864. The molecule has 0 unspecified atom stereocenters. The average Bonchev–Trinajstić information content (AvgIpc) is 2.30. The van der Waals surface area contributed by atoms with E-state index >= 15 is 0 Å². The van der Waals surface area contributed by atoms with E-state index in [9.17, 15) is 0 Å². The fourth-order valence-electron chi connectivity index (χ4n) is 1.05. The van der Waals surface area contributed by atoms with E-state index in [1.54, 1.807) is 6.20 Å². The minimum atomic E-state index is 0.0350. The largest absolute Gasteiger partial charge is 0.390 e. The summed E-state index contributed by atoms with van der Waals surface area (Å²) in [5.74, 6) is 0.544. The Morgan fingerprint density at radius 3 is 2.83 bits per heavy atom. The number of nitrogens with zero attached hydrogens (tertiary/aromatic N) is 2. The van der Waals surface area contributed by atoms with Crippen molar-refractivity contribution in [2.75, 3.05) is 0 Å². The normalized spacial score (nSPS) is 11.1. The number of halogens is 1. The maximum atomic E-state index is 9.01. The topological polar surface area (TPSA) is 38.0 Å². The lowest BCUT2D eigenvalue weighted by atomic mass is 10.2. The van der Waals surface area contributed by atoms with E-state index in [1.165, 1.54) is 0 Å². The van der Waals surface area contributed by atoms with Gasteiger partial charge in [-0.15, -0.1) is 0 Å². The van der Waals surface area contributed by atoms with Gasteiger partial charge in [0.1, 0.15) is 0 Å². The third-order valence-corrected chi connectivity index (χ3v) is 2.25. The van der Waals surface area contributed by atoms with E-state index in [-0.39, 0.29) is 6.61 Å². The fourth-order valence-corrected chi connectivity index (χ4v) is 1.47. The van der Waals surface area contributed by atoms with Crippen molar-refractivity contribution >= 4 is 15.9 Å². The molecule has 0 aromatic carbocycles. The van der Waals surface area contributed by atoms with Gasteiger partial charge in [0.25, 0.3) is 0 Å². The lowest BCUT2D eigenvalue weighted by Gasteiger charge is -2.07. The number of aliphatic hydroxyl groups is 1. The van der Waals surface area contributed by atoms with Crippen molar-refractivity contribution in [3.8, 4) is 0 Å². The molecule has 0 amide bonds. The van der Waals surface area contributed by atoms with E-state index in [4.69, 9.17) is 5.11 Å². The van der Waals surface area contributed by atoms with Crippen LogP contribution in [0.3, 0.4) is 0 Å². The molecule has 1 heterocycles. The molecular weight excluding hydrogens is 220 g/mol. The van der Waals surface area contributed by atoms with Crippen LogP contribution in [-0.4, -0.2) is 14.9 Å². The summed E-state index contributed by atoms with van der Waals surface area (Å²) in [6.45, 7) is 5.13. The highest BCUT2D eigenvalue weighted by Crippen LogP contribution is 2.16. The first-order chi connectivity index (χ1) is 5.65. The van der Waals surface area contributed by atoms with Gasteiger partial charge in [0.15, 0.2) is 0 Å². The van der Waals surface area contributed by atoms with E-state index in [0.29, 0.717) is 5.92 Å². The van der Waals surface area contributed by atoms with Gasteiger partial charge in [-0.3, -0.25) is 4.68 Å². The molecule has 0 atom stereocenters. The van der Waals surface area contributed by atoms with Crippen LogP contribution in [0.4, 0.5) is 0 Å². The molecule has 0 radical (unpaired) electrons. The van der Waals surface area contributed by atoms with Gasteiger partial charge >= 0.3 is 0 Å². The first kappa shape index (κ1) is 9.74. The van der Waals surface area contributed by atoms with Crippen molar-refractivity contribution in [3.05, 3.63) is 16.4 Å². The summed E-state index contributed by atoms with van der Waals surface area (Å²) in [7, 11) is 0. The Bertz CT molecular complexity index is 258.